The van der Waals surface area contributed by atoms with Crippen LogP contribution in [0.1, 0.15) is 18.9 Å². The molecule has 1 aromatic rings. The largest absolute Gasteiger partial charge is 0.379 e. The van der Waals surface area contributed by atoms with E-state index in [9.17, 15) is 4.39 Å². The van der Waals surface area contributed by atoms with Crippen molar-refractivity contribution in [3.8, 4) is 0 Å². The third kappa shape index (κ3) is 5.16. The molecule has 0 aromatic heterocycles. The topological polar surface area (TPSA) is 40.1 Å². The highest BCUT2D eigenvalue weighted by Gasteiger charge is 2.30. The second-order valence-electron chi connectivity index (χ2n) is 6.65. The molecule has 2 heterocycles. The minimum atomic E-state index is -0.179. The second-order valence-corrected chi connectivity index (χ2v) is 6.65. The molecule has 138 valence electrons. The van der Waals surface area contributed by atoms with Crippen LogP contribution in [-0.4, -0.2) is 74.3 Å². The third-order valence-electron chi connectivity index (χ3n) is 4.91. The van der Waals surface area contributed by atoms with Crippen LogP contribution < -0.4 is 5.32 Å². The fourth-order valence-corrected chi connectivity index (χ4v) is 3.58. The van der Waals surface area contributed by atoms with E-state index in [1.54, 1.807) is 12.1 Å². The zero-order valence-electron chi connectivity index (χ0n) is 15.1. The van der Waals surface area contributed by atoms with E-state index in [0.717, 1.165) is 63.9 Å². The molecule has 0 amide bonds. The van der Waals surface area contributed by atoms with Gasteiger partial charge in [0.05, 0.1) is 13.2 Å². The number of nitrogens with one attached hydrogen (secondary N) is 1. The van der Waals surface area contributed by atoms with Crippen molar-refractivity contribution in [3.05, 3.63) is 35.6 Å². The van der Waals surface area contributed by atoms with Gasteiger partial charge in [-0.1, -0.05) is 12.1 Å². The maximum absolute atomic E-state index is 13.3. The highest BCUT2D eigenvalue weighted by molar-refractivity contribution is 5.80. The van der Waals surface area contributed by atoms with Gasteiger partial charge in [0.2, 0.25) is 0 Å². The molecule has 2 aliphatic heterocycles. The Morgan fingerprint density at radius 3 is 2.92 bits per heavy atom. The van der Waals surface area contributed by atoms with Crippen LogP contribution in [0.5, 0.6) is 0 Å². The minimum Gasteiger partial charge on any atom is -0.379 e. The van der Waals surface area contributed by atoms with Gasteiger partial charge in [-0.2, -0.15) is 0 Å². The number of hydrogen-bond donors (Lipinski definition) is 1. The molecule has 0 spiro atoms. The van der Waals surface area contributed by atoms with Crippen molar-refractivity contribution < 1.29 is 9.13 Å². The first-order valence-electron chi connectivity index (χ1n) is 9.35. The molecule has 3 rings (SSSR count). The summed E-state index contributed by atoms with van der Waals surface area (Å²) >= 11 is 0. The smallest absolute Gasteiger partial charge is 0.193 e. The van der Waals surface area contributed by atoms with E-state index in [4.69, 9.17) is 9.73 Å². The predicted octanol–water partition coefficient (Wildman–Crippen LogP) is 1.74. The Morgan fingerprint density at radius 1 is 1.32 bits per heavy atom. The van der Waals surface area contributed by atoms with Crippen LogP contribution in [-0.2, 0) is 11.2 Å². The molecule has 2 fully saturated rings. The van der Waals surface area contributed by atoms with Crippen molar-refractivity contribution in [3.63, 3.8) is 0 Å². The van der Waals surface area contributed by atoms with Gasteiger partial charge in [-0.25, -0.2) is 4.39 Å². The Hall–Kier alpha value is -1.66. The summed E-state index contributed by atoms with van der Waals surface area (Å²) < 4.78 is 18.7. The highest BCUT2D eigenvalue weighted by atomic mass is 19.1. The van der Waals surface area contributed by atoms with Crippen molar-refractivity contribution in [2.45, 2.75) is 25.8 Å². The second kappa shape index (κ2) is 9.15. The van der Waals surface area contributed by atoms with Gasteiger partial charge in [0, 0.05) is 45.3 Å². The Kier molecular flexibility index (Phi) is 6.64. The average molecular weight is 348 g/mol. The maximum atomic E-state index is 13.3. The molecule has 1 atom stereocenters. The number of morpholine rings is 1. The number of nitrogens with zero attached hydrogens (tertiary/aromatic N) is 3. The van der Waals surface area contributed by atoms with E-state index >= 15 is 0 Å². The van der Waals surface area contributed by atoms with E-state index in [-0.39, 0.29) is 5.82 Å². The van der Waals surface area contributed by atoms with Gasteiger partial charge in [-0.05, 0) is 37.5 Å². The van der Waals surface area contributed by atoms with Crippen LogP contribution in [0.25, 0.3) is 0 Å². The van der Waals surface area contributed by atoms with Crippen molar-refractivity contribution in [2.24, 2.45) is 4.99 Å². The third-order valence-corrected chi connectivity index (χ3v) is 4.91. The first kappa shape index (κ1) is 18.1. The number of benzene rings is 1. The van der Waals surface area contributed by atoms with Gasteiger partial charge < -0.3 is 15.0 Å². The van der Waals surface area contributed by atoms with Crippen molar-refractivity contribution in [2.75, 3.05) is 52.5 Å². The summed E-state index contributed by atoms with van der Waals surface area (Å²) in [6.07, 6.45) is 1.93. The van der Waals surface area contributed by atoms with Crippen LogP contribution in [0.4, 0.5) is 4.39 Å². The van der Waals surface area contributed by atoms with Crippen LogP contribution in [0.2, 0.25) is 0 Å². The SMILES string of the molecule is CCNC(=NCCc1cccc(F)c1)N1CCC(N2CCOCC2)C1. The van der Waals surface area contributed by atoms with Crippen molar-refractivity contribution >= 4 is 5.96 Å². The summed E-state index contributed by atoms with van der Waals surface area (Å²) in [5.74, 6) is 0.802. The normalized spacial score (nSPS) is 22.4. The molecule has 1 unspecified atom stereocenters. The first-order valence-corrected chi connectivity index (χ1v) is 9.35. The molecule has 6 heteroatoms. The molecule has 25 heavy (non-hydrogen) atoms. The van der Waals surface area contributed by atoms with Gasteiger partial charge in [-0.3, -0.25) is 9.89 Å². The molecule has 1 N–H and O–H groups in total. The van der Waals surface area contributed by atoms with Crippen LogP contribution >= 0.6 is 0 Å². The van der Waals surface area contributed by atoms with Crippen LogP contribution in [0, 0.1) is 5.82 Å². The number of halogens is 1. The van der Waals surface area contributed by atoms with E-state index in [0.29, 0.717) is 12.6 Å². The van der Waals surface area contributed by atoms with E-state index in [2.05, 4.69) is 22.0 Å². The Morgan fingerprint density at radius 2 is 2.16 bits per heavy atom. The van der Waals surface area contributed by atoms with Crippen LogP contribution in [0.3, 0.4) is 0 Å². The predicted molar refractivity (Wildman–Crippen MR) is 98.5 cm³/mol. The number of likely N-dealkylation sites (tertiary alicyclic amines) is 1. The number of ether oxygens (including phenoxy) is 1. The Bertz CT molecular complexity index is 574. The number of aliphatic imine (C=N–C) groups is 1. The molecule has 0 saturated carbocycles. The van der Waals surface area contributed by atoms with Gasteiger partial charge in [0.15, 0.2) is 5.96 Å². The Balaban J connectivity index is 1.55. The summed E-state index contributed by atoms with van der Waals surface area (Å²) in [6.45, 7) is 9.44. The molecular formula is C19H29FN4O. The van der Waals surface area contributed by atoms with E-state index < -0.39 is 0 Å². The Labute approximate surface area is 149 Å². The molecule has 1 aromatic carbocycles. The first-order chi connectivity index (χ1) is 12.3. The molecule has 5 nitrogen and oxygen atoms in total. The van der Waals surface area contributed by atoms with Crippen molar-refractivity contribution in [1.29, 1.82) is 0 Å². The molecular weight excluding hydrogens is 319 g/mol. The summed E-state index contributed by atoms with van der Waals surface area (Å²) in [4.78, 5) is 9.66. The molecule has 0 bridgehead atoms. The van der Waals surface area contributed by atoms with Crippen molar-refractivity contribution in [1.82, 2.24) is 15.1 Å². The molecule has 2 aliphatic rings. The molecule has 0 radical (unpaired) electrons. The number of guanidine groups is 1. The standard InChI is InChI=1S/C19H29FN4O/c1-2-21-19(22-8-6-16-4-3-5-17(20)14-16)24-9-7-18(15-24)23-10-12-25-13-11-23/h3-5,14,18H,2,6-13,15H2,1H3,(H,21,22). The summed E-state index contributed by atoms with van der Waals surface area (Å²) in [6, 6.07) is 7.37. The van der Waals surface area contributed by atoms with E-state index in [1.165, 1.54) is 12.5 Å². The highest BCUT2D eigenvalue weighted by Crippen LogP contribution is 2.17. The van der Waals surface area contributed by atoms with Crippen LogP contribution in [0.15, 0.2) is 29.3 Å². The minimum absolute atomic E-state index is 0.179. The average Bonchev–Trinajstić information content (AvgIpc) is 3.12. The van der Waals surface area contributed by atoms with Gasteiger partial charge in [0.1, 0.15) is 5.82 Å². The maximum Gasteiger partial charge on any atom is 0.193 e. The fourth-order valence-electron chi connectivity index (χ4n) is 3.58. The lowest BCUT2D eigenvalue weighted by atomic mass is 10.1. The zero-order valence-corrected chi connectivity index (χ0v) is 15.1. The quantitative estimate of drug-likeness (QED) is 0.650. The monoisotopic (exact) mass is 348 g/mol. The summed E-state index contributed by atoms with van der Waals surface area (Å²) in [7, 11) is 0. The summed E-state index contributed by atoms with van der Waals surface area (Å²) in [5, 5.41) is 3.40. The van der Waals surface area contributed by atoms with E-state index in [1.807, 2.05) is 6.07 Å². The fraction of sp³-hybridized carbons (Fsp3) is 0.632. The molecule has 0 aliphatic carbocycles. The lowest BCUT2D eigenvalue weighted by Crippen LogP contribution is -2.46. The van der Waals surface area contributed by atoms with Gasteiger partial charge in [0.25, 0.3) is 0 Å². The van der Waals surface area contributed by atoms with Gasteiger partial charge >= 0.3 is 0 Å². The lowest BCUT2D eigenvalue weighted by Gasteiger charge is -2.32. The van der Waals surface area contributed by atoms with Gasteiger partial charge in [-0.15, -0.1) is 0 Å². The summed E-state index contributed by atoms with van der Waals surface area (Å²) in [5.41, 5.74) is 0.993. The zero-order chi connectivity index (χ0) is 17.5. The molecule has 2 saturated heterocycles. The number of rotatable bonds is 5. The lowest BCUT2D eigenvalue weighted by molar-refractivity contribution is 0.0195. The number of hydrogen-bond acceptors (Lipinski definition) is 3.